The minimum Gasteiger partial charge on any atom is -0.462 e. The first-order valence-electron chi connectivity index (χ1n) is 26.6. The fraction of sp³-hybridized carbons (Fsp3) is 0.804. The van der Waals surface area contributed by atoms with Crippen LogP contribution in [0.5, 0.6) is 0 Å². The second-order valence-corrected chi connectivity index (χ2v) is 17.8. The Hall–Kier alpha value is -2.63. The summed E-state index contributed by atoms with van der Waals surface area (Å²) in [6, 6.07) is 0. The molecule has 0 bridgehead atoms. The second kappa shape index (κ2) is 51.0. The molecule has 0 rings (SSSR count). The van der Waals surface area contributed by atoms with Crippen molar-refractivity contribution < 1.29 is 28.6 Å². The van der Waals surface area contributed by atoms with Crippen LogP contribution in [0.3, 0.4) is 0 Å². The molecule has 62 heavy (non-hydrogen) atoms. The molecule has 1 atom stereocenters. The van der Waals surface area contributed by atoms with Gasteiger partial charge in [-0.3, -0.25) is 14.4 Å². The molecule has 1 unspecified atom stereocenters. The zero-order chi connectivity index (χ0) is 45.1. The van der Waals surface area contributed by atoms with Crippen molar-refractivity contribution in [1.82, 2.24) is 0 Å². The molecule has 0 N–H and O–H groups in total. The van der Waals surface area contributed by atoms with Crippen LogP contribution in [0.25, 0.3) is 0 Å². The topological polar surface area (TPSA) is 78.9 Å². The number of unbranched alkanes of at least 4 members (excludes halogenated alkanes) is 29. The van der Waals surface area contributed by atoms with Gasteiger partial charge in [0.15, 0.2) is 6.10 Å². The predicted octanol–water partition coefficient (Wildman–Crippen LogP) is 17.5. The molecule has 0 spiro atoms. The van der Waals surface area contributed by atoms with Crippen LogP contribution in [-0.4, -0.2) is 37.2 Å². The largest absolute Gasteiger partial charge is 0.462 e. The van der Waals surface area contributed by atoms with Gasteiger partial charge in [0.05, 0.1) is 0 Å². The van der Waals surface area contributed by atoms with Crippen LogP contribution < -0.4 is 0 Å². The van der Waals surface area contributed by atoms with Crippen molar-refractivity contribution >= 4 is 17.9 Å². The van der Waals surface area contributed by atoms with Crippen LogP contribution in [0.15, 0.2) is 48.6 Å². The molecule has 0 heterocycles. The van der Waals surface area contributed by atoms with E-state index in [1.807, 2.05) is 0 Å². The molecular weight excluding hydrogens is 769 g/mol. The van der Waals surface area contributed by atoms with E-state index in [-0.39, 0.29) is 31.1 Å². The van der Waals surface area contributed by atoms with Gasteiger partial charge in [-0.25, -0.2) is 0 Å². The normalized spacial score (nSPS) is 12.4. The van der Waals surface area contributed by atoms with E-state index in [0.29, 0.717) is 19.3 Å². The number of rotatable bonds is 48. The Morgan fingerprint density at radius 3 is 0.984 bits per heavy atom. The van der Waals surface area contributed by atoms with Gasteiger partial charge in [0.1, 0.15) is 13.2 Å². The Bertz CT molecular complexity index is 1090. The van der Waals surface area contributed by atoms with Crippen LogP contribution in [0.1, 0.15) is 271 Å². The molecule has 6 nitrogen and oxygen atoms in total. The highest BCUT2D eigenvalue weighted by molar-refractivity contribution is 5.71. The van der Waals surface area contributed by atoms with Crippen LogP contribution in [0.4, 0.5) is 0 Å². The van der Waals surface area contributed by atoms with E-state index in [1.165, 1.54) is 148 Å². The third-order valence-electron chi connectivity index (χ3n) is 11.6. The summed E-state index contributed by atoms with van der Waals surface area (Å²) >= 11 is 0. The maximum Gasteiger partial charge on any atom is 0.306 e. The Labute approximate surface area is 384 Å². The monoisotopic (exact) mass is 869 g/mol. The van der Waals surface area contributed by atoms with Crippen LogP contribution in [-0.2, 0) is 28.6 Å². The molecule has 0 aliphatic carbocycles. The van der Waals surface area contributed by atoms with E-state index in [2.05, 4.69) is 69.4 Å². The molecule has 0 amide bonds. The van der Waals surface area contributed by atoms with Gasteiger partial charge >= 0.3 is 17.9 Å². The summed E-state index contributed by atoms with van der Waals surface area (Å²) in [5.74, 6) is -0.870. The quantitative estimate of drug-likeness (QED) is 0.0262. The van der Waals surface area contributed by atoms with E-state index in [0.717, 1.165) is 83.5 Å². The van der Waals surface area contributed by atoms with E-state index in [1.54, 1.807) is 0 Å². The molecule has 0 aromatic carbocycles. The zero-order valence-corrected chi connectivity index (χ0v) is 41.1. The maximum absolute atomic E-state index is 12.7. The van der Waals surface area contributed by atoms with Crippen molar-refractivity contribution in [3.05, 3.63) is 48.6 Å². The third-order valence-corrected chi connectivity index (χ3v) is 11.6. The first kappa shape index (κ1) is 59.4. The molecular formula is C56H100O6. The lowest BCUT2D eigenvalue weighted by atomic mass is 10.0. The van der Waals surface area contributed by atoms with Gasteiger partial charge in [-0.2, -0.15) is 0 Å². The summed E-state index contributed by atoms with van der Waals surface area (Å²) in [5, 5.41) is 0. The molecule has 0 radical (unpaired) electrons. The molecule has 6 heteroatoms. The fourth-order valence-electron chi connectivity index (χ4n) is 7.61. The summed E-state index contributed by atoms with van der Waals surface area (Å²) in [6.45, 7) is 6.48. The average Bonchev–Trinajstić information content (AvgIpc) is 3.27. The summed E-state index contributed by atoms with van der Waals surface area (Å²) < 4.78 is 16.7. The van der Waals surface area contributed by atoms with Crippen molar-refractivity contribution in [2.75, 3.05) is 13.2 Å². The number of hydrogen-bond donors (Lipinski definition) is 0. The number of hydrogen-bond acceptors (Lipinski definition) is 6. The van der Waals surface area contributed by atoms with Crippen molar-refractivity contribution in [3.63, 3.8) is 0 Å². The zero-order valence-electron chi connectivity index (χ0n) is 41.1. The van der Waals surface area contributed by atoms with E-state index < -0.39 is 6.10 Å². The van der Waals surface area contributed by atoms with E-state index in [4.69, 9.17) is 14.2 Å². The van der Waals surface area contributed by atoms with Crippen LogP contribution >= 0.6 is 0 Å². The van der Waals surface area contributed by atoms with Crippen molar-refractivity contribution in [1.29, 1.82) is 0 Å². The lowest BCUT2D eigenvalue weighted by Crippen LogP contribution is -2.30. The molecule has 360 valence electrons. The number of carbonyl (C=O) groups excluding carboxylic acids is 3. The molecule has 0 saturated heterocycles. The van der Waals surface area contributed by atoms with Gasteiger partial charge in [-0.1, -0.05) is 243 Å². The minimum atomic E-state index is -0.764. The van der Waals surface area contributed by atoms with Gasteiger partial charge in [0.25, 0.3) is 0 Å². The third kappa shape index (κ3) is 48.4. The second-order valence-electron chi connectivity index (χ2n) is 17.8. The van der Waals surface area contributed by atoms with Crippen molar-refractivity contribution in [2.24, 2.45) is 0 Å². The number of esters is 3. The Balaban J connectivity index is 4.03. The first-order valence-corrected chi connectivity index (χ1v) is 26.6. The molecule has 0 aliphatic rings. The summed E-state index contributed by atoms with van der Waals surface area (Å²) in [5.41, 5.74) is 0. The minimum absolute atomic E-state index is 0.0693. The fourth-order valence-corrected chi connectivity index (χ4v) is 7.61. The van der Waals surface area contributed by atoms with Crippen molar-refractivity contribution in [2.45, 2.75) is 277 Å². The maximum atomic E-state index is 12.7. The van der Waals surface area contributed by atoms with Gasteiger partial charge in [0, 0.05) is 19.3 Å². The lowest BCUT2D eigenvalue weighted by Gasteiger charge is -2.18. The smallest absolute Gasteiger partial charge is 0.306 e. The van der Waals surface area contributed by atoms with Gasteiger partial charge < -0.3 is 14.2 Å². The molecule has 0 aromatic heterocycles. The van der Waals surface area contributed by atoms with E-state index in [9.17, 15) is 14.4 Å². The SMILES string of the molecule is CC/C=C\C/C=C\C/C=C\C/C=C\CCCCCCCCCCCCCCCCC(=O)OCC(COC(=O)CCCCCCCCC)OC(=O)CCCCCCCCCCCC. The van der Waals surface area contributed by atoms with Gasteiger partial charge in [-0.05, 0) is 57.8 Å². The number of carbonyl (C=O) groups is 3. The Morgan fingerprint density at radius 2 is 0.629 bits per heavy atom. The highest BCUT2D eigenvalue weighted by Gasteiger charge is 2.19. The molecule has 0 aliphatic heterocycles. The summed E-state index contributed by atoms with van der Waals surface area (Å²) in [7, 11) is 0. The van der Waals surface area contributed by atoms with Gasteiger partial charge in [-0.15, -0.1) is 0 Å². The molecule has 0 saturated carbocycles. The standard InChI is InChI=1S/C56H100O6/c1-4-7-10-13-16-18-20-21-22-23-24-25-26-27-28-29-30-31-32-33-34-35-36-38-40-43-46-49-55(58)61-52-53(51-60-54(57)48-45-42-39-15-12-9-6-3)62-56(59)50-47-44-41-37-19-17-14-11-8-5-2/h7,10,16,18,21-22,24-25,53H,4-6,8-9,11-15,17,19-20,23,26-52H2,1-3H3/b10-7-,18-16-,22-21-,25-24-. The average molecular weight is 869 g/mol. The molecule has 0 fully saturated rings. The van der Waals surface area contributed by atoms with Crippen LogP contribution in [0, 0.1) is 0 Å². The highest BCUT2D eigenvalue weighted by atomic mass is 16.6. The Morgan fingerprint density at radius 1 is 0.339 bits per heavy atom. The summed E-state index contributed by atoms with van der Waals surface area (Å²) in [4.78, 5) is 37.7. The number of ether oxygens (including phenoxy) is 3. The lowest BCUT2D eigenvalue weighted by molar-refractivity contribution is -0.167. The number of allylic oxidation sites excluding steroid dienone is 8. The predicted molar refractivity (Wildman–Crippen MR) is 265 cm³/mol. The van der Waals surface area contributed by atoms with Crippen molar-refractivity contribution in [3.8, 4) is 0 Å². The molecule has 0 aromatic rings. The van der Waals surface area contributed by atoms with Crippen LogP contribution in [0.2, 0.25) is 0 Å². The van der Waals surface area contributed by atoms with Gasteiger partial charge in [0.2, 0.25) is 0 Å². The Kier molecular flexibility index (Phi) is 48.8. The highest BCUT2D eigenvalue weighted by Crippen LogP contribution is 2.16. The summed E-state index contributed by atoms with van der Waals surface area (Å²) in [6.07, 6.45) is 61.3. The van der Waals surface area contributed by atoms with E-state index >= 15 is 0 Å². The first-order chi connectivity index (χ1) is 30.5.